The zero-order valence-corrected chi connectivity index (χ0v) is 13.1. The summed E-state index contributed by atoms with van der Waals surface area (Å²) >= 11 is 0. The number of aromatic hydroxyl groups is 2. The molecule has 0 aliphatic carbocycles. The summed E-state index contributed by atoms with van der Waals surface area (Å²) in [7, 11) is 1.67. The van der Waals surface area contributed by atoms with E-state index in [2.05, 4.69) is 17.4 Å². The summed E-state index contributed by atoms with van der Waals surface area (Å²) in [5, 5.41) is 22.6. The van der Waals surface area contributed by atoms with Gasteiger partial charge >= 0.3 is 0 Å². The highest BCUT2D eigenvalue weighted by molar-refractivity contribution is 5.85. The second kappa shape index (κ2) is 6.90. The van der Waals surface area contributed by atoms with Crippen LogP contribution in [0.25, 0.3) is 0 Å². The molecule has 3 rings (SSSR count). The average molecular weight is 322 g/mol. The van der Waals surface area contributed by atoms with Gasteiger partial charge in [-0.2, -0.15) is 0 Å². The number of hydrogen-bond acceptors (Lipinski definition) is 4. The Morgan fingerprint density at radius 2 is 1.64 bits per heavy atom. The van der Waals surface area contributed by atoms with Crippen LogP contribution in [-0.4, -0.2) is 30.4 Å². The van der Waals surface area contributed by atoms with E-state index in [1.54, 1.807) is 19.2 Å². The number of rotatable bonds is 3. The Morgan fingerprint density at radius 3 is 2.27 bits per heavy atom. The largest absolute Gasteiger partial charge is 0.504 e. The highest BCUT2D eigenvalue weighted by atomic mass is 35.5. The molecule has 5 heteroatoms. The smallest absolute Gasteiger partial charge is 0.157 e. The maximum absolute atomic E-state index is 9.71. The summed E-state index contributed by atoms with van der Waals surface area (Å²) in [4.78, 5) is 0. The van der Waals surface area contributed by atoms with Crippen molar-refractivity contribution in [1.82, 2.24) is 5.32 Å². The fraction of sp³-hybridized carbons (Fsp3) is 0.294. The van der Waals surface area contributed by atoms with Gasteiger partial charge in [-0.1, -0.05) is 18.2 Å². The first-order valence-electron chi connectivity index (χ1n) is 7.05. The molecule has 1 saturated heterocycles. The molecule has 3 N–H and O–H groups in total. The first-order chi connectivity index (χ1) is 10.2. The molecule has 4 nitrogen and oxygen atoms in total. The van der Waals surface area contributed by atoms with Gasteiger partial charge in [0.15, 0.2) is 11.5 Å². The van der Waals surface area contributed by atoms with E-state index in [4.69, 9.17) is 4.74 Å². The zero-order valence-electron chi connectivity index (χ0n) is 12.3. The van der Waals surface area contributed by atoms with Gasteiger partial charge in [0, 0.05) is 24.9 Å². The topological polar surface area (TPSA) is 61.7 Å². The van der Waals surface area contributed by atoms with Crippen LogP contribution in [0.3, 0.4) is 0 Å². The van der Waals surface area contributed by atoms with Crippen LogP contribution in [-0.2, 0) is 0 Å². The fourth-order valence-electron chi connectivity index (χ4n) is 3.02. The maximum Gasteiger partial charge on any atom is 0.157 e. The molecule has 1 heterocycles. The van der Waals surface area contributed by atoms with Crippen molar-refractivity contribution >= 4 is 12.4 Å². The Labute approximate surface area is 136 Å². The van der Waals surface area contributed by atoms with Gasteiger partial charge in [0.25, 0.3) is 0 Å². The molecule has 2 unspecified atom stereocenters. The number of ether oxygens (including phenoxy) is 1. The number of benzene rings is 2. The number of phenolic OH excluding ortho intramolecular Hbond substituents is 2. The summed E-state index contributed by atoms with van der Waals surface area (Å²) in [5.41, 5.74) is 2.25. The van der Waals surface area contributed by atoms with Crippen LogP contribution < -0.4 is 10.1 Å². The van der Waals surface area contributed by atoms with Crippen LogP contribution >= 0.6 is 12.4 Å². The second-order valence-corrected chi connectivity index (χ2v) is 5.40. The van der Waals surface area contributed by atoms with Gasteiger partial charge < -0.3 is 20.3 Å². The number of phenols is 2. The Bertz CT molecular complexity index is 648. The van der Waals surface area contributed by atoms with Gasteiger partial charge in [0.2, 0.25) is 0 Å². The van der Waals surface area contributed by atoms with Crippen LogP contribution in [0.5, 0.6) is 17.2 Å². The van der Waals surface area contributed by atoms with Gasteiger partial charge in [-0.3, -0.25) is 0 Å². The van der Waals surface area contributed by atoms with Crippen molar-refractivity contribution in [2.24, 2.45) is 0 Å². The van der Waals surface area contributed by atoms with Gasteiger partial charge in [-0.15, -0.1) is 12.4 Å². The lowest BCUT2D eigenvalue weighted by Gasteiger charge is -2.20. The predicted octanol–water partition coefficient (Wildman–Crippen LogP) is 3.00. The molecule has 1 fully saturated rings. The predicted molar refractivity (Wildman–Crippen MR) is 88.4 cm³/mol. The molecule has 1 aliphatic rings. The van der Waals surface area contributed by atoms with E-state index in [0.717, 1.165) is 24.4 Å². The Morgan fingerprint density at radius 1 is 0.955 bits per heavy atom. The second-order valence-electron chi connectivity index (χ2n) is 5.40. The van der Waals surface area contributed by atoms with Crippen LogP contribution in [0.2, 0.25) is 0 Å². The first-order valence-corrected chi connectivity index (χ1v) is 7.05. The number of hydrogen-bond donors (Lipinski definition) is 3. The van der Waals surface area contributed by atoms with Gasteiger partial charge in [0.1, 0.15) is 5.75 Å². The van der Waals surface area contributed by atoms with Crippen LogP contribution in [0.1, 0.15) is 23.0 Å². The van der Waals surface area contributed by atoms with Crippen molar-refractivity contribution in [3.8, 4) is 17.2 Å². The molecule has 0 amide bonds. The minimum Gasteiger partial charge on any atom is -0.504 e. The quantitative estimate of drug-likeness (QED) is 0.761. The van der Waals surface area contributed by atoms with Crippen LogP contribution in [0, 0.1) is 0 Å². The standard InChI is InChI=1S/C17H19NO3.ClH/c1-21-13-4-2-3-11(7-13)14-9-18-10-15(14)12-5-6-16(19)17(20)8-12;/h2-8,14-15,18-20H,9-10H2,1H3;1H. The van der Waals surface area contributed by atoms with Crippen molar-refractivity contribution in [1.29, 1.82) is 0 Å². The van der Waals surface area contributed by atoms with Crippen LogP contribution in [0.4, 0.5) is 0 Å². The molecule has 2 aromatic rings. The van der Waals surface area contributed by atoms with Crippen molar-refractivity contribution < 1.29 is 14.9 Å². The van der Waals surface area contributed by atoms with Crippen molar-refractivity contribution in [3.05, 3.63) is 53.6 Å². The molecule has 0 saturated carbocycles. The molecule has 0 radical (unpaired) electrons. The number of nitrogens with one attached hydrogen (secondary N) is 1. The van der Waals surface area contributed by atoms with E-state index in [1.165, 1.54) is 5.56 Å². The molecule has 1 aliphatic heterocycles. The van der Waals surface area contributed by atoms with Crippen molar-refractivity contribution in [3.63, 3.8) is 0 Å². The zero-order chi connectivity index (χ0) is 14.8. The third-order valence-electron chi connectivity index (χ3n) is 4.16. The summed E-state index contributed by atoms with van der Waals surface area (Å²) < 4.78 is 5.30. The van der Waals surface area contributed by atoms with E-state index in [-0.39, 0.29) is 29.8 Å². The van der Waals surface area contributed by atoms with E-state index in [9.17, 15) is 10.2 Å². The molecule has 2 aromatic carbocycles. The molecule has 0 aromatic heterocycles. The first kappa shape index (κ1) is 16.5. The maximum atomic E-state index is 9.71. The highest BCUT2D eigenvalue weighted by Gasteiger charge is 2.30. The molecule has 0 bridgehead atoms. The minimum absolute atomic E-state index is 0. The van der Waals surface area contributed by atoms with E-state index in [1.807, 2.05) is 18.2 Å². The van der Waals surface area contributed by atoms with E-state index >= 15 is 0 Å². The molecule has 118 valence electrons. The highest BCUT2D eigenvalue weighted by Crippen LogP contribution is 2.39. The van der Waals surface area contributed by atoms with Crippen LogP contribution in [0.15, 0.2) is 42.5 Å². The summed E-state index contributed by atoms with van der Waals surface area (Å²) in [6.45, 7) is 1.74. The summed E-state index contributed by atoms with van der Waals surface area (Å²) in [6.07, 6.45) is 0. The van der Waals surface area contributed by atoms with E-state index in [0.29, 0.717) is 5.92 Å². The monoisotopic (exact) mass is 321 g/mol. The summed E-state index contributed by atoms with van der Waals surface area (Å²) in [5.74, 6) is 1.30. The number of methoxy groups -OCH3 is 1. The third kappa shape index (κ3) is 3.13. The third-order valence-corrected chi connectivity index (χ3v) is 4.16. The molecular formula is C17H20ClNO3. The molecule has 22 heavy (non-hydrogen) atoms. The Kier molecular flexibility index (Phi) is 5.16. The van der Waals surface area contributed by atoms with Crippen molar-refractivity contribution in [2.75, 3.05) is 20.2 Å². The van der Waals surface area contributed by atoms with Crippen molar-refractivity contribution in [2.45, 2.75) is 11.8 Å². The van der Waals surface area contributed by atoms with Gasteiger partial charge in [-0.05, 0) is 35.4 Å². The average Bonchev–Trinajstić information content (AvgIpc) is 2.99. The minimum atomic E-state index is -0.0809. The Balaban J connectivity index is 0.00000176. The lowest BCUT2D eigenvalue weighted by molar-refractivity contribution is 0.402. The lowest BCUT2D eigenvalue weighted by atomic mass is 9.84. The SMILES string of the molecule is COc1cccc(C2CNCC2c2ccc(O)c(O)c2)c1.Cl. The fourth-order valence-corrected chi connectivity index (χ4v) is 3.02. The lowest BCUT2D eigenvalue weighted by Crippen LogP contribution is -2.09. The molecule has 0 spiro atoms. The molecule has 2 atom stereocenters. The van der Waals surface area contributed by atoms with Gasteiger partial charge in [0.05, 0.1) is 7.11 Å². The van der Waals surface area contributed by atoms with Gasteiger partial charge in [-0.25, -0.2) is 0 Å². The number of halogens is 1. The van der Waals surface area contributed by atoms with E-state index < -0.39 is 0 Å². The Hall–Kier alpha value is -1.91. The normalized spacial score (nSPS) is 20.4. The summed E-state index contributed by atoms with van der Waals surface area (Å²) in [6, 6.07) is 13.2. The molecular weight excluding hydrogens is 302 g/mol.